The second kappa shape index (κ2) is 4.15. The average molecular weight is 233 g/mol. The van der Waals surface area contributed by atoms with Crippen LogP contribution in [-0.4, -0.2) is 17.6 Å². The van der Waals surface area contributed by atoms with Gasteiger partial charge in [-0.2, -0.15) is 0 Å². The molecule has 0 atom stereocenters. The Morgan fingerprint density at radius 3 is 2.12 bits per heavy atom. The van der Waals surface area contributed by atoms with Gasteiger partial charge in [0.25, 0.3) is 0 Å². The summed E-state index contributed by atoms with van der Waals surface area (Å²) < 4.78 is 0. The Morgan fingerprint density at radius 1 is 1.29 bits per heavy atom. The third-order valence-corrected chi connectivity index (χ3v) is 3.91. The molecule has 0 aromatic heterocycles. The maximum absolute atomic E-state index is 10.9. The van der Waals surface area contributed by atoms with E-state index in [1.807, 2.05) is 0 Å². The first kappa shape index (κ1) is 12.1. The molecular weight excluding hydrogens is 214 g/mol. The summed E-state index contributed by atoms with van der Waals surface area (Å²) in [5.41, 5.74) is 10.6. The Labute approximate surface area is 102 Å². The van der Waals surface area contributed by atoms with Gasteiger partial charge in [0.1, 0.15) is 0 Å². The van der Waals surface area contributed by atoms with Gasteiger partial charge in [-0.25, -0.2) is 0 Å². The van der Waals surface area contributed by atoms with Crippen LogP contribution in [0.5, 0.6) is 0 Å². The maximum atomic E-state index is 10.9. The Balaban J connectivity index is 2.33. The molecule has 3 nitrogen and oxygen atoms in total. The monoisotopic (exact) mass is 233 g/mol. The van der Waals surface area contributed by atoms with Gasteiger partial charge in [-0.05, 0) is 55.5 Å². The van der Waals surface area contributed by atoms with Crippen LogP contribution in [0.15, 0.2) is 12.1 Å². The number of fused-ring (bicyclic) bond motifs is 1. The van der Waals surface area contributed by atoms with Crippen molar-refractivity contribution in [2.75, 3.05) is 6.54 Å². The molecule has 1 aliphatic rings. The fourth-order valence-corrected chi connectivity index (χ4v) is 2.80. The third kappa shape index (κ3) is 2.20. The predicted octanol–water partition coefficient (Wildman–Crippen LogP) is 1.82. The highest BCUT2D eigenvalue weighted by molar-refractivity contribution is 5.68. The molecule has 0 saturated heterocycles. The molecule has 0 amide bonds. The first-order chi connectivity index (χ1) is 7.96. The van der Waals surface area contributed by atoms with Crippen molar-refractivity contribution in [3.8, 4) is 0 Å². The highest BCUT2D eigenvalue weighted by Gasteiger charge is 2.38. The molecule has 0 spiro atoms. The van der Waals surface area contributed by atoms with Gasteiger partial charge in [0.2, 0.25) is 0 Å². The molecule has 1 aromatic rings. The average Bonchev–Trinajstić information content (AvgIpc) is 2.56. The van der Waals surface area contributed by atoms with Gasteiger partial charge in [0.15, 0.2) is 0 Å². The van der Waals surface area contributed by atoms with Crippen LogP contribution < -0.4 is 5.73 Å². The van der Waals surface area contributed by atoms with Crippen molar-refractivity contribution in [2.45, 2.75) is 33.1 Å². The molecule has 0 saturated carbocycles. The van der Waals surface area contributed by atoms with Gasteiger partial charge in [-0.15, -0.1) is 0 Å². The molecule has 17 heavy (non-hydrogen) atoms. The number of carboxylic acids is 1. The Bertz CT molecular complexity index is 435. The van der Waals surface area contributed by atoms with Crippen LogP contribution in [0.1, 0.15) is 28.7 Å². The number of benzene rings is 1. The van der Waals surface area contributed by atoms with Crippen molar-refractivity contribution in [1.29, 1.82) is 0 Å². The lowest BCUT2D eigenvalue weighted by Gasteiger charge is -2.24. The molecule has 0 heterocycles. The van der Waals surface area contributed by atoms with E-state index in [9.17, 15) is 4.79 Å². The van der Waals surface area contributed by atoms with Crippen LogP contribution in [0.4, 0.5) is 0 Å². The smallest absolute Gasteiger partial charge is 0.303 e. The number of carbonyl (C=O) groups is 1. The normalized spacial score (nSPS) is 16.9. The van der Waals surface area contributed by atoms with Crippen LogP contribution in [0.3, 0.4) is 0 Å². The molecule has 0 aliphatic heterocycles. The number of nitrogens with two attached hydrogens (primary N) is 1. The minimum atomic E-state index is -0.753. The van der Waals surface area contributed by atoms with Gasteiger partial charge in [0, 0.05) is 5.41 Å². The van der Waals surface area contributed by atoms with Crippen LogP contribution in [0.2, 0.25) is 0 Å². The molecule has 3 heteroatoms. The van der Waals surface area contributed by atoms with Gasteiger partial charge in [0.05, 0.1) is 6.42 Å². The molecule has 0 unspecified atom stereocenters. The quantitative estimate of drug-likeness (QED) is 0.837. The van der Waals surface area contributed by atoms with E-state index in [0.29, 0.717) is 6.54 Å². The van der Waals surface area contributed by atoms with Gasteiger partial charge in [-0.1, -0.05) is 12.1 Å². The van der Waals surface area contributed by atoms with E-state index < -0.39 is 5.97 Å². The van der Waals surface area contributed by atoms with Crippen LogP contribution in [0, 0.1) is 19.3 Å². The SMILES string of the molecule is Cc1cc2c(cc1C)CC(CN)(CC(=O)O)C2. The molecular formula is C14H19NO2. The number of rotatable bonds is 3. The Kier molecular flexibility index (Phi) is 2.96. The minimum absolute atomic E-state index is 0.163. The lowest BCUT2D eigenvalue weighted by atomic mass is 9.81. The van der Waals surface area contributed by atoms with E-state index in [2.05, 4.69) is 26.0 Å². The van der Waals surface area contributed by atoms with Crippen molar-refractivity contribution in [3.05, 3.63) is 34.4 Å². The molecule has 1 aromatic carbocycles. The number of hydrogen-bond donors (Lipinski definition) is 2. The van der Waals surface area contributed by atoms with Gasteiger partial charge in [-0.3, -0.25) is 4.79 Å². The number of aliphatic carboxylic acids is 1. The highest BCUT2D eigenvalue weighted by atomic mass is 16.4. The van der Waals surface area contributed by atoms with Crippen molar-refractivity contribution in [3.63, 3.8) is 0 Å². The molecule has 92 valence electrons. The second-order valence-electron chi connectivity index (χ2n) is 5.33. The summed E-state index contributed by atoms with van der Waals surface area (Å²) in [5, 5.41) is 9.00. The minimum Gasteiger partial charge on any atom is -0.481 e. The molecule has 0 radical (unpaired) electrons. The lowest BCUT2D eigenvalue weighted by molar-refractivity contribution is -0.139. The van der Waals surface area contributed by atoms with Crippen LogP contribution in [-0.2, 0) is 17.6 Å². The largest absolute Gasteiger partial charge is 0.481 e. The summed E-state index contributed by atoms with van der Waals surface area (Å²) in [7, 11) is 0. The van der Waals surface area contributed by atoms with Gasteiger partial charge < -0.3 is 10.8 Å². The zero-order chi connectivity index (χ0) is 12.6. The summed E-state index contributed by atoms with van der Waals surface area (Å²) in [5.74, 6) is -0.753. The number of aryl methyl sites for hydroxylation is 2. The predicted molar refractivity (Wildman–Crippen MR) is 67.1 cm³/mol. The molecule has 3 N–H and O–H groups in total. The highest BCUT2D eigenvalue weighted by Crippen LogP contribution is 2.39. The van der Waals surface area contributed by atoms with Crippen LogP contribution >= 0.6 is 0 Å². The zero-order valence-electron chi connectivity index (χ0n) is 10.4. The van der Waals surface area contributed by atoms with E-state index in [1.54, 1.807) is 0 Å². The van der Waals surface area contributed by atoms with E-state index in [-0.39, 0.29) is 11.8 Å². The summed E-state index contributed by atoms with van der Waals surface area (Å²) in [6.45, 7) is 4.62. The fraction of sp³-hybridized carbons (Fsp3) is 0.500. The number of carboxylic acid groups (broad SMARTS) is 1. The summed E-state index contributed by atoms with van der Waals surface area (Å²) in [6.07, 6.45) is 1.76. The summed E-state index contributed by atoms with van der Waals surface area (Å²) >= 11 is 0. The zero-order valence-corrected chi connectivity index (χ0v) is 10.4. The maximum Gasteiger partial charge on any atom is 0.303 e. The van der Waals surface area contributed by atoms with Crippen molar-refractivity contribution >= 4 is 5.97 Å². The van der Waals surface area contributed by atoms with E-state index in [4.69, 9.17) is 10.8 Å². The fourth-order valence-electron chi connectivity index (χ4n) is 2.80. The standard InChI is InChI=1S/C14H19NO2/c1-9-3-11-5-14(8-15,7-13(16)17)6-12(11)4-10(9)2/h3-4H,5-8,15H2,1-2H3,(H,16,17). The molecule has 2 rings (SSSR count). The first-order valence-corrected chi connectivity index (χ1v) is 5.97. The van der Waals surface area contributed by atoms with Crippen molar-refractivity contribution in [2.24, 2.45) is 11.1 Å². The van der Waals surface area contributed by atoms with Gasteiger partial charge >= 0.3 is 5.97 Å². The third-order valence-electron chi connectivity index (χ3n) is 3.91. The number of hydrogen-bond acceptors (Lipinski definition) is 2. The molecule has 0 bridgehead atoms. The summed E-state index contributed by atoms with van der Waals surface area (Å²) in [6, 6.07) is 4.37. The van der Waals surface area contributed by atoms with Crippen molar-refractivity contribution in [1.82, 2.24) is 0 Å². The summed E-state index contributed by atoms with van der Waals surface area (Å²) in [4.78, 5) is 10.9. The first-order valence-electron chi connectivity index (χ1n) is 5.97. The van der Waals surface area contributed by atoms with E-state index >= 15 is 0 Å². The lowest BCUT2D eigenvalue weighted by Crippen LogP contribution is -2.33. The van der Waals surface area contributed by atoms with E-state index in [0.717, 1.165) is 12.8 Å². The molecule has 0 fully saturated rings. The van der Waals surface area contributed by atoms with Crippen LogP contribution in [0.25, 0.3) is 0 Å². The Hall–Kier alpha value is -1.35. The van der Waals surface area contributed by atoms with E-state index in [1.165, 1.54) is 22.3 Å². The topological polar surface area (TPSA) is 63.3 Å². The molecule has 1 aliphatic carbocycles. The van der Waals surface area contributed by atoms with Crippen molar-refractivity contribution < 1.29 is 9.90 Å². The Morgan fingerprint density at radius 2 is 1.76 bits per heavy atom. The second-order valence-corrected chi connectivity index (χ2v) is 5.33.